The number of H-pyrrole nitrogens is 1. The molecule has 0 aromatic carbocycles. The molecule has 7 heteroatoms. The minimum absolute atomic E-state index is 0.168. The quantitative estimate of drug-likeness (QED) is 0.885. The van der Waals surface area contributed by atoms with Gasteiger partial charge in [-0.25, -0.2) is 9.97 Å². The van der Waals surface area contributed by atoms with E-state index in [4.69, 9.17) is 5.73 Å². The number of hydrogen-bond acceptors (Lipinski definition) is 5. The van der Waals surface area contributed by atoms with E-state index in [1.54, 1.807) is 6.33 Å². The van der Waals surface area contributed by atoms with E-state index in [1.165, 1.54) is 6.42 Å². The number of hydrogen-bond donors (Lipinski definition) is 2. The lowest BCUT2D eigenvalue weighted by Gasteiger charge is -2.48. The lowest BCUT2D eigenvalue weighted by atomic mass is 9.83. The molecule has 3 N–H and O–H groups in total. The molecule has 2 aliphatic heterocycles. The molecule has 4 heterocycles. The molecule has 24 heavy (non-hydrogen) atoms. The zero-order chi connectivity index (χ0) is 16.6. The number of nitrogens with two attached hydrogens (primary N) is 1. The van der Waals surface area contributed by atoms with Crippen LogP contribution in [0.2, 0.25) is 0 Å². The molecule has 0 aliphatic carbocycles. The number of carbonyl (C=O) groups is 1. The third kappa shape index (κ3) is 2.43. The van der Waals surface area contributed by atoms with Gasteiger partial charge in [-0.3, -0.25) is 9.69 Å². The SMILES string of the molecule is NC(=O)C1(N2CCCCC2)CCN(c2ncnc3[nH]ccc23)CC1. The summed E-state index contributed by atoms with van der Waals surface area (Å²) in [5.74, 6) is 0.775. The molecule has 0 atom stereocenters. The predicted octanol–water partition coefficient (Wildman–Crippen LogP) is 1.27. The number of rotatable bonds is 3. The average Bonchev–Trinajstić information content (AvgIpc) is 3.11. The number of fused-ring (bicyclic) bond motifs is 1. The van der Waals surface area contributed by atoms with Gasteiger partial charge in [-0.15, -0.1) is 0 Å². The number of carbonyl (C=O) groups excluding carboxylic acids is 1. The largest absolute Gasteiger partial charge is 0.368 e. The predicted molar refractivity (Wildman–Crippen MR) is 92.7 cm³/mol. The van der Waals surface area contributed by atoms with Gasteiger partial charge in [0.15, 0.2) is 0 Å². The Morgan fingerprint density at radius 3 is 2.58 bits per heavy atom. The van der Waals surface area contributed by atoms with Crippen molar-refractivity contribution in [1.82, 2.24) is 19.9 Å². The summed E-state index contributed by atoms with van der Waals surface area (Å²) in [7, 11) is 0. The maximum atomic E-state index is 12.3. The van der Waals surface area contributed by atoms with Crippen LogP contribution in [0.15, 0.2) is 18.6 Å². The Bertz CT molecular complexity index is 728. The first-order chi connectivity index (χ1) is 11.7. The van der Waals surface area contributed by atoms with Crippen molar-refractivity contribution in [2.75, 3.05) is 31.1 Å². The standard InChI is InChI=1S/C17H24N6O/c18-16(24)17(23-8-2-1-3-9-23)5-10-22(11-6-17)15-13-4-7-19-14(13)20-12-21-15/h4,7,12H,1-3,5-6,8-11H2,(H2,18,24)(H,19,20,21). The molecule has 128 valence electrons. The molecule has 4 rings (SSSR count). The molecular formula is C17H24N6O. The molecule has 1 amide bonds. The van der Waals surface area contributed by atoms with E-state index >= 15 is 0 Å². The molecule has 2 fully saturated rings. The second kappa shape index (κ2) is 6.05. The number of aromatic nitrogens is 3. The van der Waals surface area contributed by atoms with E-state index in [0.29, 0.717) is 0 Å². The molecule has 0 spiro atoms. The van der Waals surface area contributed by atoms with Crippen LogP contribution >= 0.6 is 0 Å². The Labute approximate surface area is 141 Å². The van der Waals surface area contributed by atoms with E-state index < -0.39 is 5.54 Å². The van der Waals surface area contributed by atoms with Crippen LogP contribution in [0, 0.1) is 0 Å². The molecule has 0 unspecified atom stereocenters. The molecule has 0 radical (unpaired) electrons. The van der Waals surface area contributed by atoms with Crippen LogP contribution in [0.5, 0.6) is 0 Å². The zero-order valence-electron chi connectivity index (χ0n) is 13.9. The normalized spacial score (nSPS) is 21.9. The number of aromatic amines is 1. The minimum Gasteiger partial charge on any atom is -0.368 e. The van der Waals surface area contributed by atoms with Crippen molar-refractivity contribution in [3.8, 4) is 0 Å². The van der Waals surface area contributed by atoms with Crippen LogP contribution in [0.25, 0.3) is 11.0 Å². The fraction of sp³-hybridized carbons (Fsp3) is 0.588. The summed E-state index contributed by atoms with van der Waals surface area (Å²) >= 11 is 0. The summed E-state index contributed by atoms with van der Waals surface area (Å²) in [5, 5.41) is 1.03. The molecule has 2 aliphatic rings. The number of likely N-dealkylation sites (tertiary alicyclic amines) is 1. The summed E-state index contributed by atoms with van der Waals surface area (Å²) in [6.45, 7) is 3.55. The third-order valence-electron chi connectivity index (χ3n) is 5.64. The van der Waals surface area contributed by atoms with Crippen LogP contribution in [0.3, 0.4) is 0 Å². The van der Waals surface area contributed by atoms with Gasteiger partial charge in [0.2, 0.25) is 5.91 Å². The van der Waals surface area contributed by atoms with E-state index in [2.05, 4.69) is 24.8 Å². The number of piperidine rings is 2. The first-order valence-electron chi connectivity index (χ1n) is 8.79. The molecule has 2 saturated heterocycles. The van der Waals surface area contributed by atoms with Crippen LogP contribution in [0.1, 0.15) is 32.1 Å². The minimum atomic E-state index is -0.485. The number of nitrogens with zero attached hydrogens (tertiary/aromatic N) is 4. The van der Waals surface area contributed by atoms with Crippen LogP contribution in [0.4, 0.5) is 5.82 Å². The Hall–Kier alpha value is -2.15. The highest BCUT2D eigenvalue weighted by atomic mass is 16.1. The maximum absolute atomic E-state index is 12.3. The Morgan fingerprint density at radius 2 is 1.88 bits per heavy atom. The second-order valence-corrected chi connectivity index (χ2v) is 6.87. The van der Waals surface area contributed by atoms with Gasteiger partial charge in [0.05, 0.1) is 5.39 Å². The van der Waals surface area contributed by atoms with Gasteiger partial charge in [-0.05, 0) is 44.8 Å². The maximum Gasteiger partial charge on any atom is 0.238 e. The van der Waals surface area contributed by atoms with Crippen molar-refractivity contribution in [1.29, 1.82) is 0 Å². The molecule has 2 aromatic heterocycles. The van der Waals surface area contributed by atoms with Crippen molar-refractivity contribution in [2.24, 2.45) is 5.73 Å². The summed E-state index contributed by atoms with van der Waals surface area (Å²) < 4.78 is 0. The van der Waals surface area contributed by atoms with Crippen LogP contribution < -0.4 is 10.6 Å². The summed E-state index contributed by atoms with van der Waals surface area (Å²) in [6.07, 6.45) is 8.58. The Kier molecular flexibility index (Phi) is 3.88. The molecule has 0 bridgehead atoms. The zero-order valence-corrected chi connectivity index (χ0v) is 13.9. The monoisotopic (exact) mass is 328 g/mol. The number of primary amides is 1. The highest BCUT2D eigenvalue weighted by Gasteiger charge is 2.45. The van der Waals surface area contributed by atoms with Crippen molar-refractivity contribution < 1.29 is 4.79 Å². The highest BCUT2D eigenvalue weighted by molar-refractivity contribution is 5.88. The third-order valence-corrected chi connectivity index (χ3v) is 5.64. The van der Waals surface area contributed by atoms with E-state index in [0.717, 1.165) is 68.7 Å². The second-order valence-electron chi connectivity index (χ2n) is 6.87. The van der Waals surface area contributed by atoms with Gasteiger partial charge < -0.3 is 15.6 Å². The Balaban J connectivity index is 1.56. The first kappa shape index (κ1) is 15.4. The van der Waals surface area contributed by atoms with Crippen molar-refractivity contribution in [2.45, 2.75) is 37.6 Å². The summed E-state index contributed by atoms with van der Waals surface area (Å²) in [4.78, 5) is 28.8. The smallest absolute Gasteiger partial charge is 0.238 e. The fourth-order valence-electron chi connectivity index (χ4n) is 4.24. The van der Waals surface area contributed by atoms with Crippen LogP contribution in [-0.4, -0.2) is 57.5 Å². The van der Waals surface area contributed by atoms with Gasteiger partial charge in [0.1, 0.15) is 23.3 Å². The van der Waals surface area contributed by atoms with Gasteiger partial charge in [0.25, 0.3) is 0 Å². The fourth-order valence-corrected chi connectivity index (χ4v) is 4.24. The number of amides is 1. The van der Waals surface area contributed by atoms with Gasteiger partial charge in [-0.1, -0.05) is 6.42 Å². The molecule has 0 saturated carbocycles. The summed E-state index contributed by atoms with van der Waals surface area (Å²) in [5.41, 5.74) is 6.23. The lowest BCUT2D eigenvalue weighted by Crippen LogP contribution is -2.63. The van der Waals surface area contributed by atoms with Gasteiger partial charge >= 0.3 is 0 Å². The summed E-state index contributed by atoms with van der Waals surface area (Å²) in [6, 6.07) is 2.01. The number of nitrogens with one attached hydrogen (secondary N) is 1. The van der Waals surface area contributed by atoms with Crippen molar-refractivity contribution >= 4 is 22.8 Å². The molecular weight excluding hydrogens is 304 g/mol. The number of anilines is 1. The van der Waals surface area contributed by atoms with Gasteiger partial charge in [-0.2, -0.15) is 0 Å². The van der Waals surface area contributed by atoms with E-state index in [-0.39, 0.29) is 5.91 Å². The lowest BCUT2D eigenvalue weighted by molar-refractivity contribution is -0.132. The molecule has 2 aromatic rings. The Morgan fingerprint density at radius 1 is 1.12 bits per heavy atom. The van der Waals surface area contributed by atoms with Crippen molar-refractivity contribution in [3.05, 3.63) is 18.6 Å². The van der Waals surface area contributed by atoms with E-state index in [1.807, 2.05) is 12.3 Å². The van der Waals surface area contributed by atoms with E-state index in [9.17, 15) is 4.79 Å². The van der Waals surface area contributed by atoms with Crippen LogP contribution in [-0.2, 0) is 4.79 Å². The average molecular weight is 328 g/mol. The van der Waals surface area contributed by atoms with Gasteiger partial charge in [0, 0.05) is 19.3 Å². The first-order valence-corrected chi connectivity index (χ1v) is 8.79. The molecule has 7 nitrogen and oxygen atoms in total. The van der Waals surface area contributed by atoms with Crippen molar-refractivity contribution in [3.63, 3.8) is 0 Å². The highest BCUT2D eigenvalue weighted by Crippen LogP contribution is 2.34. The topological polar surface area (TPSA) is 91.1 Å².